The van der Waals surface area contributed by atoms with Crippen molar-refractivity contribution in [1.82, 2.24) is 24.1 Å². The first-order valence-corrected chi connectivity index (χ1v) is 13.9. The molecule has 3 aromatic heterocycles. The van der Waals surface area contributed by atoms with Gasteiger partial charge in [0.2, 0.25) is 0 Å². The fourth-order valence-electron chi connectivity index (χ4n) is 4.87. The zero-order valence-corrected chi connectivity index (χ0v) is 24.5. The van der Waals surface area contributed by atoms with Crippen molar-refractivity contribution < 1.29 is 18.9 Å². The van der Waals surface area contributed by atoms with Crippen LogP contribution in [0.3, 0.4) is 0 Å². The lowest BCUT2D eigenvalue weighted by Gasteiger charge is -2.37. The third-order valence-electron chi connectivity index (χ3n) is 8.15. The average Bonchev–Trinajstić information content (AvgIpc) is 3.50. The van der Waals surface area contributed by atoms with Crippen LogP contribution in [0.1, 0.15) is 69.5 Å². The van der Waals surface area contributed by atoms with E-state index in [0.717, 1.165) is 11.4 Å². The first-order chi connectivity index (χ1) is 18.8. The Morgan fingerprint density at radius 1 is 1.18 bits per heavy atom. The molecule has 1 atom stereocenters. The number of hydrogen-bond acceptors (Lipinski definition) is 5. The summed E-state index contributed by atoms with van der Waals surface area (Å²) < 4.78 is 24.8. The number of aromatic nitrogens is 4. The Labute approximate surface area is 239 Å². The lowest BCUT2D eigenvalue weighted by atomic mass is 9.82. The van der Waals surface area contributed by atoms with Gasteiger partial charge < -0.3 is 19.2 Å². The maximum atomic E-state index is 15.3. The number of fused-ring (bicyclic) bond motifs is 2. The van der Waals surface area contributed by atoms with Gasteiger partial charge in [-0.15, -0.1) is 0 Å². The molecular formula is C29H34BClFN5O3. The predicted molar refractivity (Wildman–Crippen MR) is 155 cm³/mol. The maximum absolute atomic E-state index is 15.3. The molecule has 1 aliphatic heterocycles. The summed E-state index contributed by atoms with van der Waals surface area (Å²) in [5.41, 5.74) is 2.12. The number of aryl methyl sites for hydroxylation is 1. The zero-order valence-electron chi connectivity index (χ0n) is 23.7. The molecule has 1 aromatic carbocycles. The molecule has 11 heteroatoms. The Balaban J connectivity index is 1.42. The fraction of sp³-hybridized carbons (Fsp3) is 0.414. The van der Waals surface area contributed by atoms with Crippen molar-refractivity contribution in [2.75, 3.05) is 6.54 Å². The van der Waals surface area contributed by atoms with Gasteiger partial charge in [-0.25, -0.2) is 13.9 Å². The number of aliphatic hydroxyl groups is 1. The van der Waals surface area contributed by atoms with Gasteiger partial charge in [0.05, 0.1) is 22.9 Å². The molecule has 0 aliphatic carbocycles. The highest BCUT2D eigenvalue weighted by atomic mass is 35.5. The molecule has 40 heavy (non-hydrogen) atoms. The number of hydrogen-bond donors (Lipinski definition) is 1. The number of carbonyl (C=O) groups is 1. The van der Waals surface area contributed by atoms with Crippen molar-refractivity contribution in [2.45, 2.75) is 71.8 Å². The Kier molecular flexibility index (Phi) is 7.31. The van der Waals surface area contributed by atoms with Crippen LogP contribution in [-0.4, -0.2) is 60.3 Å². The number of halogens is 2. The van der Waals surface area contributed by atoms with Crippen LogP contribution in [0.2, 0.25) is 5.15 Å². The highest BCUT2D eigenvalue weighted by Crippen LogP contribution is 2.31. The normalized spacial score (nSPS) is 15.9. The molecule has 0 radical (unpaired) electrons. The number of amides is 1. The van der Waals surface area contributed by atoms with Crippen LogP contribution < -0.4 is 5.46 Å². The summed E-state index contributed by atoms with van der Waals surface area (Å²) in [6.07, 6.45) is 0.615. The first kappa shape index (κ1) is 28.3. The lowest BCUT2D eigenvalue weighted by molar-refractivity contribution is -0.0893. The average molecular weight is 566 g/mol. The Hall–Kier alpha value is -3.21. The van der Waals surface area contributed by atoms with Crippen molar-refractivity contribution in [3.8, 4) is 11.3 Å². The van der Waals surface area contributed by atoms with Crippen molar-refractivity contribution in [1.29, 1.82) is 0 Å². The summed E-state index contributed by atoms with van der Waals surface area (Å²) in [7, 11) is 0.151. The quantitative estimate of drug-likeness (QED) is 0.338. The van der Waals surface area contributed by atoms with Crippen LogP contribution in [0.15, 0.2) is 42.5 Å². The van der Waals surface area contributed by atoms with Gasteiger partial charge in [-0.3, -0.25) is 4.79 Å². The molecule has 4 heterocycles. The van der Waals surface area contributed by atoms with Gasteiger partial charge in [-0.1, -0.05) is 30.7 Å². The number of carbonyl (C=O) groups excluding carboxylic acids is 1. The van der Waals surface area contributed by atoms with E-state index in [1.807, 2.05) is 30.5 Å². The molecule has 0 saturated heterocycles. The van der Waals surface area contributed by atoms with Crippen LogP contribution in [-0.2, 0) is 17.6 Å². The van der Waals surface area contributed by atoms with E-state index < -0.39 is 17.0 Å². The minimum absolute atomic E-state index is 0.150. The molecule has 0 saturated carbocycles. The minimum atomic E-state index is -1.06. The Bertz CT molecular complexity index is 1590. The van der Waals surface area contributed by atoms with Gasteiger partial charge in [0.15, 0.2) is 5.65 Å². The van der Waals surface area contributed by atoms with Crippen molar-refractivity contribution in [3.05, 3.63) is 70.5 Å². The Morgan fingerprint density at radius 3 is 2.60 bits per heavy atom. The topological polar surface area (TPSA) is 84.9 Å². The predicted octanol–water partition coefficient (Wildman–Crippen LogP) is 4.31. The molecule has 8 nitrogen and oxygen atoms in total. The smallest absolute Gasteiger partial charge is 0.309 e. The van der Waals surface area contributed by atoms with Crippen LogP contribution in [0, 0.1) is 5.82 Å². The zero-order chi connectivity index (χ0) is 29.0. The molecular weight excluding hydrogens is 532 g/mol. The molecule has 0 spiro atoms. The molecule has 0 fully saturated rings. The van der Waals surface area contributed by atoms with E-state index in [2.05, 4.69) is 10.1 Å². The van der Waals surface area contributed by atoms with Gasteiger partial charge in [0.1, 0.15) is 16.7 Å². The van der Waals surface area contributed by atoms with E-state index in [1.165, 1.54) is 6.07 Å². The molecule has 5 rings (SSSR count). The van der Waals surface area contributed by atoms with Gasteiger partial charge in [-0.2, -0.15) is 5.10 Å². The number of rotatable bonds is 7. The van der Waals surface area contributed by atoms with Gasteiger partial charge >= 0.3 is 7.48 Å². The van der Waals surface area contributed by atoms with E-state index >= 15 is 4.39 Å². The molecule has 1 aliphatic rings. The minimum Gasteiger partial charge on any atom is -0.427 e. The third-order valence-corrected chi connectivity index (χ3v) is 8.48. The first-order valence-electron chi connectivity index (χ1n) is 13.5. The molecule has 1 unspecified atom stereocenters. The molecule has 1 amide bonds. The van der Waals surface area contributed by atoms with Gasteiger partial charge in [0, 0.05) is 36.1 Å². The maximum Gasteiger partial charge on any atom is 0.309 e. The van der Waals surface area contributed by atoms with Crippen molar-refractivity contribution in [2.24, 2.45) is 0 Å². The van der Waals surface area contributed by atoms with Crippen molar-refractivity contribution in [3.63, 3.8) is 0 Å². The largest absolute Gasteiger partial charge is 0.427 e. The molecule has 4 aromatic rings. The number of nitrogens with zero attached hydrogens (tertiary/aromatic N) is 5. The van der Waals surface area contributed by atoms with E-state index in [1.54, 1.807) is 61.4 Å². The summed E-state index contributed by atoms with van der Waals surface area (Å²) in [6, 6.07) is 12.0. The van der Waals surface area contributed by atoms with E-state index in [9.17, 15) is 9.90 Å². The van der Waals surface area contributed by atoms with Gasteiger partial charge in [0.25, 0.3) is 5.91 Å². The highest BCUT2D eigenvalue weighted by Gasteiger charge is 2.36. The summed E-state index contributed by atoms with van der Waals surface area (Å²) in [5.74, 6) is -0.607. The fourth-order valence-corrected chi connectivity index (χ4v) is 5.12. The second-order valence-electron chi connectivity index (χ2n) is 11.4. The van der Waals surface area contributed by atoms with Crippen LogP contribution in [0.4, 0.5) is 4.39 Å². The van der Waals surface area contributed by atoms with Crippen molar-refractivity contribution >= 4 is 36.1 Å². The van der Waals surface area contributed by atoms with E-state index in [4.69, 9.17) is 16.3 Å². The second kappa shape index (κ2) is 10.3. The number of benzene rings is 1. The van der Waals surface area contributed by atoms with Gasteiger partial charge in [-0.05, 0) is 70.8 Å². The molecule has 1 N–H and O–H groups in total. The van der Waals surface area contributed by atoms with Crippen LogP contribution in [0.5, 0.6) is 0 Å². The monoisotopic (exact) mass is 565 g/mol. The third kappa shape index (κ3) is 5.04. The highest BCUT2D eigenvalue weighted by molar-refractivity contribution is 6.47. The Morgan fingerprint density at radius 2 is 1.93 bits per heavy atom. The van der Waals surface area contributed by atoms with Crippen LogP contribution in [0.25, 0.3) is 16.9 Å². The van der Waals surface area contributed by atoms with E-state index in [0.29, 0.717) is 52.7 Å². The molecule has 210 valence electrons. The second-order valence-corrected chi connectivity index (χ2v) is 11.8. The lowest BCUT2D eigenvalue weighted by Crippen LogP contribution is -2.49. The SMILES string of the molecule is CCc1cc(C(=O)N2CCn3c(Cl)ccc3C2C)nc2cc(-c3ccc(BOC(C)(C)C(C)(C)O)cc3F)nn12. The standard InChI is InChI=1S/C29H34BClFN5O3/c1-7-19-15-23(27(38)35-12-13-36-24(17(35)2)10-11-25(36)31)33-26-16-22(34-37(19)26)20-9-8-18(14-21(20)32)30-40-29(5,6)28(3,4)39/h8-11,14-17,30,39H,7,12-13H2,1-6H3. The molecule has 0 bridgehead atoms. The summed E-state index contributed by atoms with van der Waals surface area (Å²) in [5, 5.41) is 15.6. The summed E-state index contributed by atoms with van der Waals surface area (Å²) in [6.45, 7) is 12.1. The van der Waals surface area contributed by atoms with E-state index in [-0.39, 0.29) is 19.4 Å². The van der Waals surface area contributed by atoms with Crippen LogP contribution >= 0.6 is 11.6 Å². The summed E-state index contributed by atoms with van der Waals surface area (Å²) in [4.78, 5) is 20.0. The summed E-state index contributed by atoms with van der Waals surface area (Å²) >= 11 is 6.29.